The maximum absolute atomic E-state index is 11.6. The van der Waals surface area contributed by atoms with E-state index in [4.69, 9.17) is 0 Å². The summed E-state index contributed by atoms with van der Waals surface area (Å²) in [7, 11) is 0. The predicted molar refractivity (Wildman–Crippen MR) is 57.3 cm³/mol. The van der Waals surface area contributed by atoms with Crippen molar-refractivity contribution < 1.29 is 9.59 Å². The van der Waals surface area contributed by atoms with Crippen molar-refractivity contribution in [2.24, 2.45) is 0 Å². The number of carbonyl (C=O) groups is 2. The number of nitrogens with one attached hydrogen (secondary N) is 3. The Morgan fingerprint density at radius 2 is 2.20 bits per heavy atom. The molecule has 1 rings (SSSR count). The summed E-state index contributed by atoms with van der Waals surface area (Å²) >= 11 is 0. The van der Waals surface area contributed by atoms with Gasteiger partial charge in [0.1, 0.15) is 6.04 Å². The topological polar surface area (TPSA) is 70.2 Å². The molecule has 3 N–H and O–H groups in total. The Labute approximate surface area is 90.0 Å². The highest BCUT2D eigenvalue weighted by atomic mass is 16.2. The molecule has 5 nitrogen and oxygen atoms in total. The first-order valence-electron chi connectivity index (χ1n) is 5.38. The van der Waals surface area contributed by atoms with Crippen LogP contribution in [0.1, 0.15) is 26.7 Å². The molecule has 2 unspecified atom stereocenters. The quantitative estimate of drug-likeness (QED) is 0.585. The summed E-state index contributed by atoms with van der Waals surface area (Å²) in [6.07, 6.45) is 2.09. The number of amides is 2. The molecule has 0 bridgehead atoms. The van der Waals surface area contributed by atoms with Gasteiger partial charge in [0, 0.05) is 19.5 Å². The van der Waals surface area contributed by atoms with Gasteiger partial charge in [-0.3, -0.25) is 9.59 Å². The minimum Gasteiger partial charge on any atom is -0.350 e. The van der Waals surface area contributed by atoms with E-state index in [1.54, 1.807) is 6.92 Å². The molecular formula is C10H19N3O2. The van der Waals surface area contributed by atoms with Crippen molar-refractivity contribution in [3.63, 3.8) is 0 Å². The molecule has 1 heterocycles. The van der Waals surface area contributed by atoms with Gasteiger partial charge in [0.05, 0.1) is 0 Å². The number of piperidine rings is 1. The lowest BCUT2D eigenvalue weighted by Gasteiger charge is -2.25. The monoisotopic (exact) mass is 213 g/mol. The van der Waals surface area contributed by atoms with E-state index in [0.717, 1.165) is 25.9 Å². The molecule has 2 atom stereocenters. The zero-order valence-electron chi connectivity index (χ0n) is 9.30. The Hall–Kier alpha value is -1.10. The molecule has 86 valence electrons. The van der Waals surface area contributed by atoms with Gasteiger partial charge < -0.3 is 16.0 Å². The van der Waals surface area contributed by atoms with Gasteiger partial charge in [0.15, 0.2) is 0 Å². The van der Waals surface area contributed by atoms with Crippen LogP contribution in [0.15, 0.2) is 0 Å². The maximum atomic E-state index is 11.6. The average molecular weight is 213 g/mol. The van der Waals surface area contributed by atoms with Crippen molar-refractivity contribution in [3.8, 4) is 0 Å². The Morgan fingerprint density at radius 1 is 1.47 bits per heavy atom. The fourth-order valence-corrected chi connectivity index (χ4v) is 1.67. The van der Waals surface area contributed by atoms with E-state index < -0.39 is 6.04 Å². The van der Waals surface area contributed by atoms with Crippen LogP contribution < -0.4 is 16.0 Å². The van der Waals surface area contributed by atoms with E-state index in [1.165, 1.54) is 6.92 Å². The second-order valence-corrected chi connectivity index (χ2v) is 3.97. The van der Waals surface area contributed by atoms with E-state index in [9.17, 15) is 9.59 Å². The molecular weight excluding hydrogens is 194 g/mol. The number of hydrogen-bond acceptors (Lipinski definition) is 3. The molecule has 0 aliphatic carbocycles. The SMILES string of the molecule is CC(=O)NC(C)C(=O)NC1CCCNC1. The number of carbonyl (C=O) groups excluding carboxylic acids is 2. The van der Waals surface area contributed by atoms with Gasteiger partial charge in [-0.1, -0.05) is 0 Å². The van der Waals surface area contributed by atoms with Crippen LogP contribution in [0.3, 0.4) is 0 Å². The average Bonchev–Trinajstić information content (AvgIpc) is 2.18. The van der Waals surface area contributed by atoms with Gasteiger partial charge in [0.2, 0.25) is 11.8 Å². The summed E-state index contributed by atoms with van der Waals surface area (Å²) in [5, 5.41) is 8.69. The van der Waals surface area contributed by atoms with Crippen molar-refractivity contribution in [2.75, 3.05) is 13.1 Å². The summed E-state index contributed by atoms with van der Waals surface area (Å²) in [6.45, 7) is 4.94. The molecule has 2 amide bonds. The first-order valence-corrected chi connectivity index (χ1v) is 5.38. The van der Waals surface area contributed by atoms with E-state index in [-0.39, 0.29) is 17.9 Å². The molecule has 0 radical (unpaired) electrons. The van der Waals surface area contributed by atoms with Crippen molar-refractivity contribution in [3.05, 3.63) is 0 Å². The van der Waals surface area contributed by atoms with Crippen LogP contribution in [0.4, 0.5) is 0 Å². The molecule has 0 aromatic heterocycles. The van der Waals surface area contributed by atoms with Crippen molar-refractivity contribution in [1.82, 2.24) is 16.0 Å². The Bertz CT molecular complexity index is 237. The fraction of sp³-hybridized carbons (Fsp3) is 0.800. The van der Waals surface area contributed by atoms with Crippen molar-refractivity contribution >= 4 is 11.8 Å². The van der Waals surface area contributed by atoms with Gasteiger partial charge in [-0.2, -0.15) is 0 Å². The minimum absolute atomic E-state index is 0.112. The zero-order chi connectivity index (χ0) is 11.3. The van der Waals surface area contributed by atoms with Crippen LogP contribution in [-0.2, 0) is 9.59 Å². The van der Waals surface area contributed by atoms with Crippen LogP contribution >= 0.6 is 0 Å². The summed E-state index contributed by atoms with van der Waals surface area (Å²) in [5.41, 5.74) is 0. The van der Waals surface area contributed by atoms with Crippen molar-refractivity contribution in [1.29, 1.82) is 0 Å². The second-order valence-electron chi connectivity index (χ2n) is 3.97. The highest BCUT2D eigenvalue weighted by Crippen LogP contribution is 2.01. The smallest absolute Gasteiger partial charge is 0.242 e. The second kappa shape index (κ2) is 5.70. The third kappa shape index (κ3) is 4.29. The van der Waals surface area contributed by atoms with E-state index >= 15 is 0 Å². The number of rotatable bonds is 3. The number of hydrogen-bond donors (Lipinski definition) is 3. The maximum Gasteiger partial charge on any atom is 0.242 e. The lowest BCUT2D eigenvalue weighted by atomic mass is 10.1. The molecule has 0 aromatic rings. The van der Waals surface area contributed by atoms with Crippen LogP contribution in [0.2, 0.25) is 0 Å². The van der Waals surface area contributed by atoms with Crippen LogP contribution in [-0.4, -0.2) is 37.0 Å². The molecule has 1 fully saturated rings. The molecule has 0 spiro atoms. The predicted octanol–water partition coefficient (Wildman–Crippen LogP) is -0.621. The van der Waals surface area contributed by atoms with Crippen LogP contribution in [0.25, 0.3) is 0 Å². The lowest BCUT2D eigenvalue weighted by molar-refractivity contribution is -0.128. The van der Waals surface area contributed by atoms with E-state index in [1.807, 2.05) is 0 Å². The first kappa shape index (κ1) is 12.0. The van der Waals surface area contributed by atoms with E-state index in [0.29, 0.717) is 0 Å². The van der Waals surface area contributed by atoms with Gasteiger partial charge in [-0.15, -0.1) is 0 Å². The summed E-state index contributed by atoms with van der Waals surface area (Å²) in [4.78, 5) is 22.3. The minimum atomic E-state index is -0.454. The van der Waals surface area contributed by atoms with Crippen molar-refractivity contribution in [2.45, 2.75) is 38.8 Å². The molecule has 0 saturated carbocycles. The molecule has 5 heteroatoms. The van der Waals surface area contributed by atoms with Gasteiger partial charge in [-0.25, -0.2) is 0 Å². The van der Waals surface area contributed by atoms with Gasteiger partial charge in [-0.05, 0) is 26.3 Å². The molecule has 1 aliphatic rings. The Morgan fingerprint density at radius 3 is 2.73 bits per heavy atom. The molecule has 0 aromatic carbocycles. The fourth-order valence-electron chi connectivity index (χ4n) is 1.67. The lowest BCUT2D eigenvalue weighted by Crippen LogP contribution is -2.51. The summed E-state index contributed by atoms with van der Waals surface area (Å²) in [5.74, 6) is -0.293. The molecule has 1 aliphatic heterocycles. The van der Waals surface area contributed by atoms with Gasteiger partial charge >= 0.3 is 0 Å². The van der Waals surface area contributed by atoms with Gasteiger partial charge in [0.25, 0.3) is 0 Å². The summed E-state index contributed by atoms with van der Waals surface area (Å²) in [6, 6.07) is -0.258. The highest BCUT2D eigenvalue weighted by Gasteiger charge is 2.19. The Balaban J connectivity index is 2.30. The summed E-state index contributed by atoms with van der Waals surface area (Å²) < 4.78 is 0. The highest BCUT2D eigenvalue weighted by molar-refractivity contribution is 5.86. The Kier molecular flexibility index (Phi) is 4.55. The molecule has 1 saturated heterocycles. The van der Waals surface area contributed by atoms with Crippen LogP contribution in [0, 0.1) is 0 Å². The normalized spacial score (nSPS) is 22.9. The largest absolute Gasteiger partial charge is 0.350 e. The van der Waals surface area contributed by atoms with E-state index in [2.05, 4.69) is 16.0 Å². The van der Waals surface area contributed by atoms with Crippen LogP contribution in [0.5, 0.6) is 0 Å². The zero-order valence-corrected chi connectivity index (χ0v) is 9.30. The first-order chi connectivity index (χ1) is 7.09. The molecule has 15 heavy (non-hydrogen) atoms. The standard InChI is InChI=1S/C10H19N3O2/c1-7(12-8(2)14)10(15)13-9-4-3-5-11-6-9/h7,9,11H,3-6H2,1-2H3,(H,12,14)(H,13,15). The third-order valence-electron chi connectivity index (χ3n) is 2.46. The third-order valence-corrected chi connectivity index (χ3v) is 2.46.